The number of benzene rings is 2. The van der Waals surface area contributed by atoms with Gasteiger partial charge in [0.15, 0.2) is 0 Å². The van der Waals surface area contributed by atoms with E-state index in [2.05, 4.69) is 5.32 Å². The van der Waals surface area contributed by atoms with Gasteiger partial charge in [-0.1, -0.05) is 30.0 Å². The van der Waals surface area contributed by atoms with Crippen molar-refractivity contribution in [2.75, 3.05) is 32.1 Å². The predicted octanol–water partition coefficient (Wildman–Crippen LogP) is 4.26. The molecule has 7 heteroatoms. The lowest BCUT2D eigenvalue weighted by Gasteiger charge is -2.17. The average Bonchev–Trinajstić information content (AvgIpc) is 2.58. The van der Waals surface area contributed by atoms with Crippen LogP contribution in [0, 0.1) is 6.92 Å². The van der Waals surface area contributed by atoms with E-state index in [4.69, 9.17) is 4.74 Å². The van der Waals surface area contributed by atoms with Gasteiger partial charge in [0.1, 0.15) is 12.4 Å². The van der Waals surface area contributed by atoms with Crippen molar-refractivity contribution in [3.8, 4) is 5.75 Å². The minimum Gasteiger partial charge on any atom is -0.492 e. The summed E-state index contributed by atoms with van der Waals surface area (Å²) in [6.45, 7) is 3.28. The van der Waals surface area contributed by atoms with E-state index >= 15 is 0 Å². The number of nitrogens with one attached hydrogen (secondary N) is 1. The maximum atomic E-state index is 12.3. The highest BCUT2D eigenvalue weighted by Gasteiger charge is 2.09. The lowest BCUT2D eigenvalue weighted by Crippen LogP contribution is -2.33. The molecular formula is C19H22F2N2O2S. The van der Waals surface area contributed by atoms with Crippen molar-refractivity contribution in [3.05, 3.63) is 54.1 Å². The minimum atomic E-state index is -2.45. The smallest absolute Gasteiger partial charge is 0.288 e. The van der Waals surface area contributed by atoms with E-state index in [-0.39, 0.29) is 12.5 Å². The number of halogens is 2. The SMILES string of the molecule is Cc1ccccc1OCCN(C)CC(=O)Nc1ccc(SC(F)F)cc1. The molecule has 4 nitrogen and oxygen atoms in total. The average molecular weight is 380 g/mol. The molecule has 0 saturated carbocycles. The fraction of sp³-hybridized carbons (Fsp3) is 0.316. The Labute approximate surface area is 156 Å². The van der Waals surface area contributed by atoms with Gasteiger partial charge >= 0.3 is 0 Å². The van der Waals surface area contributed by atoms with Crippen molar-refractivity contribution < 1.29 is 18.3 Å². The summed E-state index contributed by atoms with van der Waals surface area (Å²) < 4.78 is 30.3. The van der Waals surface area contributed by atoms with Crippen molar-refractivity contribution >= 4 is 23.4 Å². The number of hydrogen-bond donors (Lipinski definition) is 1. The topological polar surface area (TPSA) is 41.6 Å². The number of hydrogen-bond acceptors (Lipinski definition) is 4. The molecule has 0 saturated heterocycles. The summed E-state index contributed by atoms with van der Waals surface area (Å²) in [4.78, 5) is 14.4. The van der Waals surface area contributed by atoms with E-state index in [1.807, 2.05) is 43.1 Å². The van der Waals surface area contributed by atoms with Crippen LogP contribution in [0.3, 0.4) is 0 Å². The van der Waals surface area contributed by atoms with Crippen molar-refractivity contribution in [2.45, 2.75) is 17.6 Å². The molecule has 26 heavy (non-hydrogen) atoms. The standard InChI is InChI=1S/C19H22F2N2O2S/c1-14-5-3-4-6-17(14)25-12-11-23(2)13-18(24)22-15-7-9-16(10-8-15)26-19(20)21/h3-10,19H,11-13H2,1-2H3,(H,22,24). The van der Waals surface area contributed by atoms with Gasteiger partial charge in [-0.3, -0.25) is 9.69 Å². The van der Waals surface area contributed by atoms with Gasteiger partial charge in [0.25, 0.3) is 5.76 Å². The van der Waals surface area contributed by atoms with Gasteiger partial charge in [-0.15, -0.1) is 0 Å². The highest BCUT2D eigenvalue weighted by Crippen LogP contribution is 2.26. The summed E-state index contributed by atoms with van der Waals surface area (Å²) in [6.07, 6.45) is 0. The molecule has 140 valence electrons. The molecule has 0 bridgehead atoms. The van der Waals surface area contributed by atoms with Crippen LogP contribution < -0.4 is 10.1 Å². The zero-order valence-electron chi connectivity index (χ0n) is 14.7. The molecule has 0 fully saturated rings. The number of thioether (sulfide) groups is 1. The van der Waals surface area contributed by atoms with Crippen LogP contribution in [0.25, 0.3) is 0 Å². The number of carbonyl (C=O) groups excluding carboxylic acids is 1. The van der Waals surface area contributed by atoms with E-state index in [0.29, 0.717) is 35.5 Å². The molecule has 2 aromatic carbocycles. The van der Waals surface area contributed by atoms with Crippen molar-refractivity contribution in [2.24, 2.45) is 0 Å². The van der Waals surface area contributed by atoms with Crippen molar-refractivity contribution in [3.63, 3.8) is 0 Å². The van der Waals surface area contributed by atoms with E-state index in [0.717, 1.165) is 11.3 Å². The highest BCUT2D eigenvalue weighted by atomic mass is 32.2. The molecule has 0 spiro atoms. The second kappa shape index (κ2) is 10.1. The second-order valence-corrected chi connectivity index (χ2v) is 6.87. The van der Waals surface area contributed by atoms with E-state index < -0.39 is 5.76 Å². The second-order valence-electron chi connectivity index (χ2n) is 5.80. The first-order chi connectivity index (χ1) is 12.4. The lowest BCUT2D eigenvalue weighted by atomic mass is 10.2. The summed E-state index contributed by atoms with van der Waals surface area (Å²) in [5, 5.41) is 2.75. The third kappa shape index (κ3) is 7.01. The fourth-order valence-electron chi connectivity index (χ4n) is 2.27. The van der Waals surface area contributed by atoms with Crippen molar-refractivity contribution in [1.29, 1.82) is 0 Å². The predicted molar refractivity (Wildman–Crippen MR) is 101 cm³/mol. The van der Waals surface area contributed by atoms with Crippen LogP contribution in [0.15, 0.2) is 53.4 Å². The molecule has 0 aliphatic carbocycles. The number of likely N-dealkylation sites (N-methyl/N-ethyl adjacent to an activating group) is 1. The number of anilines is 1. The highest BCUT2D eigenvalue weighted by molar-refractivity contribution is 7.99. The quantitative estimate of drug-likeness (QED) is 0.660. The molecule has 2 rings (SSSR count). The number of nitrogens with zero attached hydrogens (tertiary/aromatic N) is 1. The molecule has 0 aliphatic rings. The Balaban J connectivity index is 1.72. The van der Waals surface area contributed by atoms with Gasteiger partial charge in [-0.2, -0.15) is 8.78 Å². The lowest BCUT2D eigenvalue weighted by molar-refractivity contribution is -0.117. The maximum absolute atomic E-state index is 12.3. The van der Waals surface area contributed by atoms with Crippen LogP contribution in [0.1, 0.15) is 5.56 Å². The summed E-state index contributed by atoms with van der Waals surface area (Å²) >= 11 is 0.477. The number of alkyl halides is 2. The van der Waals surface area contributed by atoms with Crippen LogP contribution in [0.4, 0.5) is 14.5 Å². The molecule has 0 heterocycles. The first-order valence-corrected chi connectivity index (χ1v) is 9.03. The third-order valence-electron chi connectivity index (χ3n) is 3.60. The van der Waals surface area contributed by atoms with Crippen LogP contribution in [0.5, 0.6) is 5.75 Å². The Morgan fingerprint density at radius 1 is 1.19 bits per heavy atom. The number of para-hydroxylation sites is 1. The van der Waals surface area contributed by atoms with Crippen LogP contribution >= 0.6 is 11.8 Å². The summed E-state index contributed by atoms with van der Waals surface area (Å²) in [6, 6.07) is 14.1. The molecule has 1 amide bonds. The minimum absolute atomic E-state index is 0.169. The van der Waals surface area contributed by atoms with Crippen LogP contribution in [-0.2, 0) is 4.79 Å². The van der Waals surface area contributed by atoms with E-state index in [9.17, 15) is 13.6 Å². The molecule has 0 atom stereocenters. The van der Waals surface area contributed by atoms with Gasteiger partial charge in [-0.05, 0) is 49.9 Å². The first-order valence-electron chi connectivity index (χ1n) is 8.16. The van der Waals surface area contributed by atoms with E-state index in [1.54, 1.807) is 24.3 Å². The molecule has 0 unspecified atom stereocenters. The number of ether oxygens (including phenoxy) is 1. The first kappa shape index (κ1) is 20.2. The summed E-state index contributed by atoms with van der Waals surface area (Å²) in [5.41, 5.74) is 1.65. The normalized spacial score (nSPS) is 11.0. The largest absolute Gasteiger partial charge is 0.492 e. The van der Waals surface area contributed by atoms with Crippen LogP contribution in [0.2, 0.25) is 0 Å². The fourth-order valence-corrected chi connectivity index (χ4v) is 2.77. The van der Waals surface area contributed by atoms with Gasteiger partial charge in [0.2, 0.25) is 5.91 Å². The zero-order chi connectivity index (χ0) is 18.9. The molecule has 2 aromatic rings. The molecule has 0 aliphatic heterocycles. The van der Waals surface area contributed by atoms with Gasteiger partial charge in [0, 0.05) is 17.1 Å². The number of carbonyl (C=O) groups is 1. The zero-order valence-corrected chi connectivity index (χ0v) is 15.6. The molecular weight excluding hydrogens is 358 g/mol. The Morgan fingerprint density at radius 3 is 2.54 bits per heavy atom. The molecule has 0 radical (unpaired) electrons. The maximum Gasteiger partial charge on any atom is 0.288 e. The number of amides is 1. The molecule has 0 aromatic heterocycles. The van der Waals surface area contributed by atoms with E-state index in [1.165, 1.54) is 0 Å². The van der Waals surface area contributed by atoms with Gasteiger partial charge < -0.3 is 10.1 Å². The van der Waals surface area contributed by atoms with Gasteiger partial charge in [-0.25, -0.2) is 0 Å². The summed E-state index contributed by atoms with van der Waals surface area (Å²) in [7, 11) is 1.84. The Morgan fingerprint density at radius 2 is 1.88 bits per heavy atom. The molecule has 1 N–H and O–H groups in total. The Bertz CT molecular complexity index is 711. The number of rotatable bonds is 9. The van der Waals surface area contributed by atoms with Crippen LogP contribution in [-0.4, -0.2) is 43.3 Å². The number of aryl methyl sites for hydroxylation is 1. The monoisotopic (exact) mass is 380 g/mol. The summed E-state index contributed by atoms with van der Waals surface area (Å²) in [5.74, 6) is -1.78. The Kier molecular flexibility index (Phi) is 7.87. The Hall–Kier alpha value is -2.12. The van der Waals surface area contributed by atoms with Crippen molar-refractivity contribution in [1.82, 2.24) is 4.90 Å². The van der Waals surface area contributed by atoms with Gasteiger partial charge in [0.05, 0.1) is 6.54 Å². The third-order valence-corrected chi connectivity index (χ3v) is 4.32.